The molecule has 1 aromatic heterocycles. The van der Waals surface area contributed by atoms with Gasteiger partial charge in [0, 0.05) is 12.7 Å². The first-order valence-corrected chi connectivity index (χ1v) is 11.3. The number of nitrogens with one attached hydrogen (secondary N) is 2. The molecule has 1 aliphatic heterocycles. The Bertz CT molecular complexity index is 1110. The lowest BCUT2D eigenvalue weighted by Crippen LogP contribution is -2.41. The van der Waals surface area contributed by atoms with Gasteiger partial charge < -0.3 is 19.4 Å². The van der Waals surface area contributed by atoms with Crippen molar-refractivity contribution in [3.63, 3.8) is 0 Å². The SMILES string of the molecule is CC1(C)OB(C(=Cc2ccc(-c3ccn[nH]3)cc2)CNC(=O)OCc2ccccc2)OC1(C)C. The van der Waals surface area contributed by atoms with Crippen molar-refractivity contribution < 1.29 is 18.8 Å². The molecule has 176 valence electrons. The van der Waals surface area contributed by atoms with E-state index in [-0.39, 0.29) is 13.2 Å². The second-order valence-electron chi connectivity index (χ2n) is 9.32. The van der Waals surface area contributed by atoms with Gasteiger partial charge in [0.15, 0.2) is 0 Å². The van der Waals surface area contributed by atoms with E-state index in [1.165, 1.54) is 0 Å². The summed E-state index contributed by atoms with van der Waals surface area (Å²) < 4.78 is 17.9. The number of hydrogen-bond donors (Lipinski definition) is 2. The maximum atomic E-state index is 12.4. The third-order valence-corrected chi connectivity index (χ3v) is 6.28. The van der Waals surface area contributed by atoms with Crippen LogP contribution in [0.5, 0.6) is 0 Å². The standard InChI is InChI=1S/C26H30BN3O4/c1-25(2)26(3,4)34-27(33-25)22(17-28-24(31)32-18-20-8-6-5-7-9-20)16-19-10-12-21(13-11-19)23-14-15-29-30-23/h5-16H,17-18H2,1-4H3,(H,28,31)(H,29,30). The lowest BCUT2D eigenvalue weighted by atomic mass is 9.77. The van der Waals surface area contributed by atoms with Gasteiger partial charge in [0.1, 0.15) is 6.61 Å². The van der Waals surface area contributed by atoms with E-state index in [1.807, 2.05) is 94.4 Å². The molecule has 1 aliphatic rings. The number of aromatic amines is 1. The Balaban J connectivity index is 1.48. The number of carbonyl (C=O) groups excluding carboxylic acids is 1. The highest BCUT2D eigenvalue weighted by molar-refractivity contribution is 6.56. The van der Waals surface area contributed by atoms with E-state index in [4.69, 9.17) is 14.0 Å². The number of amides is 1. The van der Waals surface area contributed by atoms with Gasteiger partial charge >= 0.3 is 13.2 Å². The molecule has 1 saturated heterocycles. The molecule has 0 spiro atoms. The maximum Gasteiger partial charge on any atom is 0.492 e. The molecule has 7 nitrogen and oxygen atoms in total. The zero-order chi connectivity index (χ0) is 24.2. The topological polar surface area (TPSA) is 85.5 Å². The van der Waals surface area contributed by atoms with Crippen molar-refractivity contribution in [2.45, 2.75) is 45.5 Å². The first-order chi connectivity index (χ1) is 16.2. The number of aromatic nitrogens is 2. The van der Waals surface area contributed by atoms with Crippen LogP contribution in [-0.4, -0.2) is 41.2 Å². The van der Waals surface area contributed by atoms with Crippen LogP contribution in [0.4, 0.5) is 4.79 Å². The first kappa shape index (κ1) is 23.8. The third-order valence-electron chi connectivity index (χ3n) is 6.28. The summed E-state index contributed by atoms with van der Waals surface area (Å²) >= 11 is 0. The van der Waals surface area contributed by atoms with Crippen LogP contribution >= 0.6 is 0 Å². The largest absolute Gasteiger partial charge is 0.492 e. The van der Waals surface area contributed by atoms with Crippen LogP contribution in [0.1, 0.15) is 38.8 Å². The van der Waals surface area contributed by atoms with Crippen molar-refractivity contribution in [1.82, 2.24) is 15.5 Å². The van der Waals surface area contributed by atoms with Gasteiger partial charge in [0.05, 0.1) is 16.9 Å². The highest BCUT2D eigenvalue weighted by Crippen LogP contribution is 2.38. The van der Waals surface area contributed by atoms with Crippen molar-refractivity contribution >= 4 is 19.3 Å². The lowest BCUT2D eigenvalue weighted by molar-refractivity contribution is 0.00578. The average Bonchev–Trinajstić information content (AvgIpc) is 3.42. The second-order valence-corrected chi connectivity index (χ2v) is 9.32. The van der Waals surface area contributed by atoms with Crippen LogP contribution < -0.4 is 5.32 Å². The fourth-order valence-corrected chi connectivity index (χ4v) is 3.53. The summed E-state index contributed by atoms with van der Waals surface area (Å²) in [5, 5.41) is 9.80. The van der Waals surface area contributed by atoms with Crippen molar-refractivity contribution in [1.29, 1.82) is 0 Å². The molecule has 4 rings (SSSR count). The molecule has 0 saturated carbocycles. The molecule has 0 radical (unpaired) electrons. The normalized spacial score (nSPS) is 16.9. The highest BCUT2D eigenvalue weighted by atomic mass is 16.7. The summed E-state index contributed by atoms with van der Waals surface area (Å²) in [7, 11) is -0.591. The number of nitrogens with zero attached hydrogens (tertiary/aromatic N) is 1. The number of benzene rings is 2. The van der Waals surface area contributed by atoms with E-state index in [0.29, 0.717) is 0 Å². The number of ether oxygens (including phenoxy) is 1. The summed E-state index contributed by atoms with van der Waals surface area (Å²) in [6.07, 6.45) is 3.21. The second kappa shape index (κ2) is 9.87. The molecule has 0 unspecified atom stereocenters. The van der Waals surface area contributed by atoms with Crippen LogP contribution in [0.3, 0.4) is 0 Å². The quantitative estimate of drug-likeness (QED) is 0.485. The van der Waals surface area contributed by atoms with Crippen molar-refractivity contribution in [2.75, 3.05) is 6.54 Å². The lowest BCUT2D eigenvalue weighted by Gasteiger charge is -2.32. The summed E-state index contributed by atoms with van der Waals surface area (Å²) in [6.45, 7) is 8.46. The van der Waals surface area contributed by atoms with Crippen LogP contribution in [0.25, 0.3) is 17.3 Å². The van der Waals surface area contributed by atoms with Crippen molar-refractivity contribution in [3.8, 4) is 11.3 Å². The Morgan fingerprint density at radius 1 is 1.03 bits per heavy atom. The molecule has 0 atom stereocenters. The third kappa shape index (κ3) is 5.58. The molecule has 0 aliphatic carbocycles. The van der Waals surface area contributed by atoms with E-state index in [2.05, 4.69) is 15.5 Å². The van der Waals surface area contributed by atoms with Gasteiger partial charge in [0.2, 0.25) is 0 Å². The van der Waals surface area contributed by atoms with Gasteiger partial charge in [0.25, 0.3) is 0 Å². The zero-order valence-corrected chi connectivity index (χ0v) is 20.0. The maximum absolute atomic E-state index is 12.4. The number of hydrogen-bond acceptors (Lipinski definition) is 5. The minimum Gasteiger partial charge on any atom is -0.445 e. The minimum absolute atomic E-state index is 0.206. The van der Waals surface area contributed by atoms with Gasteiger partial charge in [-0.05, 0) is 55.9 Å². The number of alkyl carbamates (subject to hydrolysis) is 1. The fraction of sp³-hybridized carbons (Fsp3) is 0.308. The first-order valence-electron chi connectivity index (χ1n) is 11.3. The van der Waals surface area contributed by atoms with Gasteiger partial charge in [-0.2, -0.15) is 5.10 Å². The van der Waals surface area contributed by atoms with E-state index in [0.717, 1.165) is 27.9 Å². The Hall–Kier alpha value is -3.36. The monoisotopic (exact) mass is 459 g/mol. The van der Waals surface area contributed by atoms with E-state index >= 15 is 0 Å². The molecule has 3 aromatic rings. The van der Waals surface area contributed by atoms with E-state index in [1.54, 1.807) is 6.20 Å². The smallest absolute Gasteiger partial charge is 0.445 e. The van der Waals surface area contributed by atoms with Gasteiger partial charge in [-0.15, -0.1) is 0 Å². The van der Waals surface area contributed by atoms with Crippen molar-refractivity contribution in [3.05, 3.63) is 83.5 Å². The Kier molecular flexibility index (Phi) is 6.91. The highest BCUT2D eigenvalue weighted by Gasteiger charge is 2.52. The molecule has 2 N–H and O–H groups in total. The molecule has 2 heterocycles. The minimum atomic E-state index is -0.591. The molecule has 8 heteroatoms. The van der Waals surface area contributed by atoms with Gasteiger partial charge in [-0.25, -0.2) is 4.79 Å². The predicted octanol–water partition coefficient (Wildman–Crippen LogP) is 5.02. The summed E-state index contributed by atoms with van der Waals surface area (Å²) in [4.78, 5) is 12.4. The Labute approximate surface area is 200 Å². The zero-order valence-electron chi connectivity index (χ0n) is 20.0. The summed E-state index contributed by atoms with van der Waals surface area (Å²) in [5.41, 5.74) is 3.69. The summed E-state index contributed by atoms with van der Waals surface area (Å²) in [6, 6.07) is 19.5. The molecule has 34 heavy (non-hydrogen) atoms. The van der Waals surface area contributed by atoms with Crippen LogP contribution in [0.2, 0.25) is 0 Å². The fourth-order valence-electron chi connectivity index (χ4n) is 3.53. The number of H-pyrrole nitrogens is 1. The van der Waals surface area contributed by atoms with E-state index < -0.39 is 24.4 Å². The van der Waals surface area contributed by atoms with E-state index in [9.17, 15) is 4.79 Å². The van der Waals surface area contributed by atoms with Gasteiger partial charge in [-0.3, -0.25) is 5.10 Å². The Morgan fingerprint density at radius 3 is 2.32 bits per heavy atom. The van der Waals surface area contributed by atoms with Crippen LogP contribution in [-0.2, 0) is 20.7 Å². The Morgan fingerprint density at radius 2 is 1.71 bits per heavy atom. The molecular formula is C26H30BN3O4. The molecule has 0 bridgehead atoms. The number of rotatable bonds is 7. The predicted molar refractivity (Wildman–Crippen MR) is 133 cm³/mol. The molecular weight excluding hydrogens is 429 g/mol. The number of carbonyl (C=O) groups is 1. The van der Waals surface area contributed by atoms with Crippen molar-refractivity contribution in [2.24, 2.45) is 0 Å². The molecule has 2 aromatic carbocycles. The molecule has 1 fully saturated rings. The summed E-state index contributed by atoms with van der Waals surface area (Å²) in [5.74, 6) is 0. The molecule has 1 amide bonds. The van der Waals surface area contributed by atoms with Crippen LogP contribution in [0, 0.1) is 0 Å². The van der Waals surface area contributed by atoms with Gasteiger partial charge in [-0.1, -0.05) is 60.7 Å². The average molecular weight is 459 g/mol. The van der Waals surface area contributed by atoms with Crippen LogP contribution in [0.15, 0.2) is 72.3 Å².